The van der Waals surface area contributed by atoms with Gasteiger partial charge in [0.2, 0.25) is 5.91 Å². The molecule has 0 unspecified atom stereocenters. The number of amides is 1. The van der Waals surface area contributed by atoms with Crippen LogP contribution in [-0.4, -0.2) is 33.0 Å². The van der Waals surface area contributed by atoms with Crippen LogP contribution in [0.5, 0.6) is 0 Å². The molecular weight excluding hydrogens is 389 g/mol. The molecule has 1 aliphatic heterocycles. The van der Waals surface area contributed by atoms with E-state index in [1.807, 2.05) is 0 Å². The highest BCUT2D eigenvalue weighted by molar-refractivity contribution is 7.51. The zero-order valence-electron chi connectivity index (χ0n) is 15.9. The summed E-state index contributed by atoms with van der Waals surface area (Å²) < 4.78 is 42.6. The Labute approximate surface area is 161 Å². The number of aromatic nitrogens is 1. The highest BCUT2D eigenvalue weighted by atomic mass is 31.2. The van der Waals surface area contributed by atoms with E-state index in [0.717, 1.165) is 15.7 Å². The van der Waals surface area contributed by atoms with Crippen molar-refractivity contribution in [3.8, 4) is 0 Å². The molecule has 9 heteroatoms. The maximum Gasteiger partial charge on any atom is 0.357 e. The van der Waals surface area contributed by atoms with E-state index in [1.54, 1.807) is 39.0 Å². The molecule has 1 aromatic heterocycles. The summed E-state index contributed by atoms with van der Waals surface area (Å²) in [7, 11) is -4.18. The van der Waals surface area contributed by atoms with Crippen LogP contribution in [0, 0.1) is 13.8 Å². The van der Waals surface area contributed by atoms with Crippen LogP contribution in [0.3, 0.4) is 0 Å². The van der Waals surface area contributed by atoms with Crippen molar-refractivity contribution in [2.24, 2.45) is 0 Å². The Morgan fingerprint density at radius 2 is 1.93 bits per heavy atom. The van der Waals surface area contributed by atoms with Crippen molar-refractivity contribution in [3.05, 3.63) is 51.4 Å². The SMILES string of the molecule is CC1=CC(CCC(=O)NCCP(=O)(O)O)=C2C1=Cc1c(C)cc(C)n1C2(F)F. The first-order valence-corrected chi connectivity index (χ1v) is 10.7. The van der Waals surface area contributed by atoms with Crippen molar-refractivity contribution >= 4 is 19.6 Å². The number of hydrogen-bond donors (Lipinski definition) is 3. The molecular formula is C19H23F2N2O4P. The zero-order chi connectivity index (χ0) is 20.9. The molecule has 28 heavy (non-hydrogen) atoms. The second kappa shape index (κ2) is 7.10. The molecule has 1 aliphatic carbocycles. The normalized spacial score (nSPS) is 17.8. The van der Waals surface area contributed by atoms with Crippen LogP contribution in [-0.2, 0) is 15.4 Å². The van der Waals surface area contributed by atoms with Crippen LogP contribution in [0.25, 0.3) is 6.08 Å². The fourth-order valence-electron chi connectivity index (χ4n) is 3.82. The minimum atomic E-state index is -4.18. The highest BCUT2D eigenvalue weighted by Crippen LogP contribution is 2.50. The molecule has 2 aliphatic rings. The largest absolute Gasteiger partial charge is 0.357 e. The van der Waals surface area contributed by atoms with Gasteiger partial charge in [-0.2, -0.15) is 8.78 Å². The molecule has 1 amide bonds. The van der Waals surface area contributed by atoms with Crippen molar-refractivity contribution in [3.63, 3.8) is 0 Å². The summed E-state index contributed by atoms with van der Waals surface area (Å²) in [5.74, 6) is -0.433. The fraction of sp³-hybridized carbons (Fsp3) is 0.421. The van der Waals surface area contributed by atoms with Gasteiger partial charge in [0, 0.05) is 18.7 Å². The van der Waals surface area contributed by atoms with E-state index in [9.17, 15) is 9.36 Å². The van der Waals surface area contributed by atoms with Crippen molar-refractivity contribution in [1.29, 1.82) is 0 Å². The maximum absolute atomic E-state index is 15.4. The quantitative estimate of drug-likeness (QED) is 0.625. The molecule has 3 N–H and O–H groups in total. The van der Waals surface area contributed by atoms with E-state index < -0.39 is 25.7 Å². The maximum atomic E-state index is 15.4. The molecule has 2 heterocycles. The molecule has 3 rings (SSSR count). The van der Waals surface area contributed by atoms with Crippen LogP contribution in [0.1, 0.15) is 36.7 Å². The molecule has 1 aromatic rings. The number of carbonyl (C=O) groups is 1. The van der Waals surface area contributed by atoms with E-state index in [2.05, 4.69) is 5.32 Å². The van der Waals surface area contributed by atoms with Crippen LogP contribution < -0.4 is 5.32 Å². The Morgan fingerprint density at radius 1 is 1.25 bits per heavy atom. The Kier molecular flexibility index (Phi) is 5.25. The number of nitrogens with one attached hydrogen (secondary N) is 1. The van der Waals surface area contributed by atoms with Crippen molar-refractivity contribution < 1.29 is 27.9 Å². The predicted octanol–water partition coefficient (Wildman–Crippen LogP) is 3.38. The standard InChI is InChI=1S/C19H23F2N2O4P/c1-11-9-14(4-5-17(24)22-6-7-28(25,26)27)18-15(11)10-16-12(2)8-13(3)23(16)19(18,20)21/h8-10H,4-7H2,1-3H3,(H,22,24)(H2,25,26,27). The van der Waals surface area contributed by atoms with E-state index in [1.165, 1.54) is 0 Å². The number of hydrogen-bond acceptors (Lipinski definition) is 2. The van der Waals surface area contributed by atoms with E-state index in [0.29, 0.717) is 22.5 Å². The number of halogens is 2. The number of aryl methyl sites for hydroxylation is 2. The van der Waals surface area contributed by atoms with Gasteiger partial charge in [-0.1, -0.05) is 6.08 Å². The summed E-state index contributed by atoms with van der Waals surface area (Å²) in [6, 6.07) is -1.48. The Balaban J connectivity index is 1.81. The summed E-state index contributed by atoms with van der Waals surface area (Å²) in [6.07, 6.45) is 3.09. The van der Waals surface area contributed by atoms with Gasteiger partial charge in [-0.05, 0) is 61.6 Å². The van der Waals surface area contributed by atoms with Gasteiger partial charge < -0.3 is 15.1 Å². The Bertz CT molecular complexity index is 982. The van der Waals surface area contributed by atoms with Gasteiger partial charge in [0.25, 0.3) is 0 Å². The van der Waals surface area contributed by atoms with Gasteiger partial charge in [-0.3, -0.25) is 13.9 Å². The molecule has 0 bridgehead atoms. The van der Waals surface area contributed by atoms with Crippen molar-refractivity contribution in [2.75, 3.05) is 12.7 Å². The molecule has 0 spiro atoms. The number of carbonyl (C=O) groups excluding carboxylic acids is 1. The summed E-state index contributed by atoms with van der Waals surface area (Å²) in [5.41, 5.74) is 3.32. The van der Waals surface area contributed by atoms with Gasteiger partial charge in [-0.25, -0.2) is 0 Å². The lowest BCUT2D eigenvalue weighted by atomic mass is 9.94. The van der Waals surface area contributed by atoms with Gasteiger partial charge in [0.1, 0.15) is 0 Å². The van der Waals surface area contributed by atoms with Gasteiger partial charge in [0.15, 0.2) is 0 Å². The number of fused-ring (bicyclic) bond motifs is 2. The monoisotopic (exact) mass is 412 g/mol. The van der Waals surface area contributed by atoms with Crippen LogP contribution in [0.4, 0.5) is 8.78 Å². The Hall–Kier alpha value is -2.02. The molecule has 0 saturated heterocycles. The molecule has 6 nitrogen and oxygen atoms in total. The zero-order valence-corrected chi connectivity index (χ0v) is 16.8. The van der Waals surface area contributed by atoms with Crippen molar-refractivity contribution in [2.45, 2.75) is 39.7 Å². The fourth-order valence-corrected chi connectivity index (χ4v) is 4.22. The lowest BCUT2D eigenvalue weighted by molar-refractivity contribution is -0.120. The third kappa shape index (κ3) is 3.77. The summed E-state index contributed by atoms with van der Waals surface area (Å²) in [4.78, 5) is 29.5. The van der Waals surface area contributed by atoms with Gasteiger partial charge >= 0.3 is 13.6 Å². The molecule has 152 valence electrons. The molecule has 0 radical (unpaired) electrons. The average molecular weight is 412 g/mol. The Morgan fingerprint density at radius 3 is 2.57 bits per heavy atom. The van der Waals surface area contributed by atoms with E-state index >= 15 is 8.78 Å². The first-order valence-electron chi connectivity index (χ1n) is 8.94. The lowest BCUT2D eigenvalue weighted by Crippen LogP contribution is -2.32. The average Bonchev–Trinajstić information content (AvgIpc) is 3.02. The van der Waals surface area contributed by atoms with Crippen LogP contribution >= 0.6 is 7.60 Å². The van der Waals surface area contributed by atoms with E-state index in [4.69, 9.17) is 9.79 Å². The second-order valence-electron chi connectivity index (χ2n) is 7.25. The number of rotatable bonds is 6. The van der Waals surface area contributed by atoms with Crippen molar-refractivity contribution in [1.82, 2.24) is 9.88 Å². The molecule has 0 atom stereocenters. The topological polar surface area (TPSA) is 91.6 Å². The lowest BCUT2D eigenvalue weighted by Gasteiger charge is -2.30. The highest BCUT2D eigenvalue weighted by Gasteiger charge is 2.47. The molecule has 0 fully saturated rings. The minimum Gasteiger partial charge on any atom is -0.355 e. The summed E-state index contributed by atoms with van der Waals surface area (Å²) >= 11 is 0. The third-order valence-corrected chi connectivity index (χ3v) is 5.84. The van der Waals surface area contributed by atoms with E-state index in [-0.39, 0.29) is 25.0 Å². The first kappa shape index (κ1) is 20.7. The second-order valence-corrected chi connectivity index (χ2v) is 9.03. The van der Waals surface area contributed by atoms with Crippen LogP contribution in [0.15, 0.2) is 34.4 Å². The number of allylic oxidation sites excluding steroid dienone is 5. The minimum absolute atomic E-state index is 0.0380. The number of alkyl halides is 2. The smallest absolute Gasteiger partial charge is 0.355 e. The third-order valence-electron chi connectivity index (χ3n) is 5.04. The molecule has 0 aromatic carbocycles. The summed E-state index contributed by atoms with van der Waals surface area (Å²) in [5, 5.41) is 2.41. The van der Waals surface area contributed by atoms with Crippen LogP contribution in [0.2, 0.25) is 0 Å². The molecule has 0 saturated carbocycles. The number of nitrogens with zero attached hydrogens (tertiary/aromatic N) is 1. The summed E-state index contributed by atoms with van der Waals surface area (Å²) in [6.45, 7) is 5.07. The van der Waals surface area contributed by atoms with Gasteiger partial charge in [0.05, 0.1) is 17.4 Å². The first-order chi connectivity index (χ1) is 12.9. The predicted molar refractivity (Wildman–Crippen MR) is 102 cm³/mol. The van der Waals surface area contributed by atoms with Gasteiger partial charge in [-0.15, -0.1) is 0 Å².